The van der Waals surface area contributed by atoms with Crippen molar-refractivity contribution in [2.24, 2.45) is 0 Å². The third-order valence-corrected chi connectivity index (χ3v) is 3.71. The van der Waals surface area contributed by atoms with E-state index in [-0.39, 0.29) is 12.5 Å². The minimum Gasteiger partial charge on any atom is -0.468 e. The minimum atomic E-state index is -0.629. The Hall–Kier alpha value is -1.43. The molecule has 102 valence electrons. The number of esters is 1. The molecular formula is C13H13BrFNO3. The third-order valence-electron chi connectivity index (χ3n) is 3.05. The number of methoxy groups -OCH3 is 1. The number of ether oxygens (including phenoxy) is 1. The van der Waals surface area contributed by atoms with E-state index in [4.69, 9.17) is 0 Å². The van der Waals surface area contributed by atoms with Crippen molar-refractivity contribution in [3.8, 4) is 0 Å². The Morgan fingerprint density at radius 2 is 2.26 bits per heavy atom. The first-order chi connectivity index (χ1) is 9.02. The number of nitrogens with zero attached hydrogens (tertiary/aromatic N) is 1. The van der Waals surface area contributed by atoms with Crippen molar-refractivity contribution in [2.75, 3.05) is 18.6 Å². The SMILES string of the molecule is COC(=O)C(Br)CN1C(=O)CCc2ccc(F)cc21. The van der Waals surface area contributed by atoms with Crippen LogP contribution in [0, 0.1) is 5.82 Å². The van der Waals surface area contributed by atoms with Gasteiger partial charge in [-0.15, -0.1) is 0 Å². The molecule has 0 saturated carbocycles. The number of alkyl halides is 1. The fourth-order valence-electron chi connectivity index (χ4n) is 2.07. The molecular weight excluding hydrogens is 317 g/mol. The Morgan fingerprint density at radius 3 is 2.95 bits per heavy atom. The van der Waals surface area contributed by atoms with Crippen molar-refractivity contribution in [1.82, 2.24) is 0 Å². The molecule has 1 amide bonds. The van der Waals surface area contributed by atoms with E-state index in [0.717, 1.165) is 5.56 Å². The number of amides is 1. The number of hydrogen-bond donors (Lipinski definition) is 0. The second kappa shape index (κ2) is 5.69. The Morgan fingerprint density at radius 1 is 1.53 bits per heavy atom. The second-order valence-electron chi connectivity index (χ2n) is 4.27. The summed E-state index contributed by atoms with van der Waals surface area (Å²) in [7, 11) is 1.28. The zero-order chi connectivity index (χ0) is 14.0. The van der Waals surface area contributed by atoms with Crippen molar-refractivity contribution < 1.29 is 18.7 Å². The van der Waals surface area contributed by atoms with Gasteiger partial charge in [-0.1, -0.05) is 22.0 Å². The highest BCUT2D eigenvalue weighted by atomic mass is 79.9. The quantitative estimate of drug-likeness (QED) is 0.629. The van der Waals surface area contributed by atoms with Gasteiger partial charge in [-0.2, -0.15) is 0 Å². The van der Waals surface area contributed by atoms with Crippen LogP contribution in [0.4, 0.5) is 10.1 Å². The molecule has 4 nitrogen and oxygen atoms in total. The molecule has 0 radical (unpaired) electrons. The average molecular weight is 330 g/mol. The standard InChI is InChI=1S/C13H13BrFNO3/c1-19-13(18)10(14)7-16-11-6-9(15)4-2-8(11)3-5-12(16)17/h2,4,6,10H,3,5,7H2,1H3. The first kappa shape index (κ1) is 14.0. The van der Waals surface area contributed by atoms with Crippen molar-refractivity contribution >= 4 is 33.5 Å². The lowest BCUT2D eigenvalue weighted by Crippen LogP contribution is -2.41. The van der Waals surface area contributed by atoms with E-state index in [1.54, 1.807) is 6.07 Å². The lowest BCUT2D eigenvalue weighted by atomic mass is 10.0. The molecule has 0 fully saturated rings. The Kier molecular flexibility index (Phi) is 4.19. The van der Waals surface area contributed by atoms with Crippen LogP contribution >= 0.6 is 15.9 Å². The third kappa shape index (κ3) is 2.94. The maximum atomic E-state index is 13.3. The maximum absolute atomic E-state index is 13.3. The zero-order valence-corrected chi connectivity index (χ0v) is 11.9. The van der Waals surface area contributed by atoms with Gasteiger partial charge in [0.1, 0.15) is 10.6 Å². The monoisotopic (exact) mass is 329 g/mol. The summed E-state index contributed by atoms with van der Waals surface area (Å²) in [5.74, 6) is -0.981. The van der Waals surface area contributed by atoms with Gasteiger partial charge in [-0.05, 0) is 24.1 Å². The highest BCUT2D eigenvalue weighted by Gasteiger charge is 2.28. The first-order valence-electron chi connectivity index (χ1n) is 5.83. The minimum absolute atomic E-state index is 0.119. The zero-order valence-electron chi connectivity index (χ0n) is 10.4. The summed E-state index contributed by atoms with van der Waals surface area (Å²) in [6, 6.07) is 4.37. The van der Waals surface area contributed by atoms with Crippen molar-refractivity contribution in [1.29, 1.82) is 0 Å². The molecule has 0 saturated heterocycles. The van der Waals surface area contributed by atoms with Gasteiger partial charge in [-0.25, -0.2) is 4.39 Å². The van der Waals surface area contributed by atoms with Gasteiger partial charge in [0.25, 0.3) is 0 Å². The molecule has 0 N–H and O–H groups in total. The maximum Gasteiger partial charge on any atom is 0.321 e. The molecule has 1 atom stereocenters. The Bertz CT molecular complexity index is 521. The highest BCUT2D eigenvalue weighted by Crippen LogP contribution is 2.29. The van der Waals surface area contributed by atoms with Crippen LogP contribution < -0.4 is 4.90 Å². The van der Waals surface area contributed by atoms with Gasteiger partial charge in [0, 0.05) is 18.7 Å². The number of aryl methyl sites for hydroxylation is 1. The van der Waals surface area contributed by atoms with E-state index in [2.05, 4.69) is 20.7 Å². The number of anilines is 1. The summed E-state index contributed by atoms with van der Waals surface area (Å²) in [6.07, 6.45) is 0.954. The summed E-state index contributed by atoms with van der Waals surface area (Å²) in [6.45, 7) is 0.127. The van der Waals surface area contributed by atoms with E-state index < -0.39 is 16.6 Å². The highest BCUT2D eigenvalue weighted by molar-refractivity contribution is 9.10. The van der Waals surface area contributed by atoms with Gasteiger partial charge in [0.2, 0.25) is 5.91 Å². The lowest BCUT2D eigenvalue weighted by Gasteiger charge is -2.30. The van der Waals surface area contributed by atoms with Crippen LogP contribution in [-0.4, -0.2) is 30.4 Å². The number of hydrogen-bond acceptors (Lipinski definition) is 3. The number of fused-ring (bicyclic) bond motifs is 1. The van der Waals surface area contributed by atoms with E-state index in [1.807, 2.05) is 0 Å². The van der Waals surface area contributed by atoms with Crippen LogP contribution in [0.15, 0.2) is 18.2 Å². The molecule has 1 unspecified atom stereocenters. The van der Waals surface area contributed by atoms with Crippen molar-refractivity contribution in [3.05, 3.63) is 29.6 Å². The van der Waals surface area contributed by atoms with Gasteiger partial charge < -0.3 is 9.64 Å². The Labute approximate surface area is 118 Å². The lowest BCUT2D eigenvalue weighted by molar-refractivity contribution is -0.139. The van der Waals surface area contributed by atoms with Gasteiger partial charge in [0.05, 0.1) is 7.11 Å². The van der Waals surface area contributed by atoms with Crippen LogP contribution in [0.5, 0.6) is 0 Å². The van der Waals surface area contributed by atoms with Crippen molar-refractivity contribution in [3.63, 3.8) is 0 Å². The van der Waals surface area contributed by atoms with Crippen molar-refractivity contribution in [2.45, 2.75) is 17.7 Å². The molecule has 1 heterocycles. The number of benzene rings is 1. The fourth-order valence-corrected chi connectivity index (χ4v) is 2.55. The summed E-state index contributed by atoms with van der Waals surface area (Å²) in [5.41, 5.74) is 1.44. The summed E-state index contributed by atoms with van der Waals surface area (Å²) < 4.78 is 17.9. The smallest absolute Gasteiger partial charge is 0.321 e. The Balaban J connectivity index is 2.27. The van der Waals surface area contributed by atoms with E-state index in [0.29, 0.717) is 18.5 Å². The molecule has 19 heavy (non-hydrogen) atoms. The molecule has 0 spiro atoms. The molecule has 1 aromatic rings. The molecule has 0 aliphatic carbocycles. The topological polar surface area (TPSA) is 46.6 Å². The summed E-state index contributed by atoms with van der Waals surface area (Å²) in [5, 5.41) is 0. The molecule has 1 aromatic carbocycles. The van der Waals surface area contributed by atoms with Gasteiger partial charge in [0.15, 0.2) is 0 Å². The van der Waals surface area contributed by atoms with Crippen LogP contribution in [0.1, 0.15) is 12.0 Å². The summed E-state index contributed by atoms with van der Waals surface area (Å²) in [4.78, 5) is 24.1. The first-order valence-corrected chi connectivity index (χ1v) is 6.75. The van der Waals surface area contributed by atoms with Gasteiger partial charge >= 0.3 is 5.97 Å². The molecule has 2 rings (SSSR count). The number of carbonyl (C=O) groups is 2. The van der Waals surface area contributed by atoms with E-state index in [1.165, 1.54) is 24.1 Å². The largest absolute Gasteiger partial charge is 0.468 e. The normalized spacial score (nSPS) is 15.9. The van der Waals surface area contributed by atoms with E-state index >= 15 is 0 Å². The average Bonchev–Trinajstić information content (AvgIpc) is 2.41. The summed E-state index contributed by atoms with van der Waals surface area (Å²) >= 11 is 3.17. The molecule has 6 heteroatoms. The van der Waals surface area contributed by atoms with Crippen LogP contribution in [0.25, 0.3) is 0 Å². The van der Waals surface area contributed by atoms with Crippen LogP contribution in [-0.2, 0) is 20.7 Å². The molecule has 1 aliphatic rings. The number of halogens is 2. The van der Waals surface area contributed by atoms with E-state index in [9.17, 15) is 14.0 Å². The van der Waals surface area contributed by atoms with Crippen LogP contribution in [0.3, 0.4) is 0 Å². The molecule has 0 bridgehead atoms. The number of carbonyl (C=O) groups excluding carboxylic acids is 2. The molecule has 0 aromatic heterocycles. The fraction of sp³-hybridized carbons (Fsp3) is 0.385. The number of rotatable bonds is 3. The predicted octanol–water partition coefficient (Wildman–Crippen LogP) is 2.04. The predicted molar refractivity (Wildman–Crippen MR) is 71.8 cm³/mol. The molecule has 1 aliphatic heterocycles. The van der Waals surface area contributed by atoms with Gasteiger partial charge in [-0.3, -0.25) is 9.59 Å². The van der Waals surface area contributed by atoms with Crippen LogP contribution in [0.2, 0.25) is 0 Å². The second-order valence-corrected chi connectivity index (χ2v) is 5.37.